The number of nitrogens with zero attached hydrogens (tertiary/aromatic N) is 2. The molecule has 1 unspecified atom stereocenters. The molecule has 0 aromatic heterocycles. The summed E-state index contributed by atoms with van der Waals surface area (Å²) in [5, 5.41) is 2.33. The average molecular weight is 500 g/mol. The van der Waals surface area contributed by atoms with E-state index in [0.29, 0.717) is 55.2 Å². The molecule has 3 saturated heterocycles. The molecule has 1 N–H and O–H groups in total. The minimum Gasteiger partial charge on any atom is -0.482 e. The van der Waals surface area contributed by atoms with Gasteiger partial charge in [-0.05, 0) is 39.3 Å². The molecule has 1 aromatic carbocycles. The number of fused-ring (bicyclic) bond motifs is 4. The van der Waals surface area contributed by atoms with E-state index in [4.69, 9.17) is 18.9 Å². The van der Waals surface area contributed by atoms with Crippen molar-refractivity contribution in [2.45, 2.75) is 69.6 Å². The third-order valence-corrected chi connectivity index (χ3v) is 7.31. The van der Waals surface area contributed by atoms with E-state index in [0.717, 1.165) is 0 Å². The Hall–Kier alpha value is -3.18. The van der Waals surface area contributed by atoms with Gasteiger partial charge in [-0.2, -0.15) is 0 Å². The van der Waals surface area contributed by atoms with Crippen LogP contribution < -0.4 is 10.1 Å². The van der Waals surface area contributed by atoms with Gasteiger partial charge in [0.2, 0.25) is 17.6 Å². The predicted octanol–water partition coefficient (Wildman–Crippen LogP) is 1.42. The van der Waals surface area contributed by atoms with Gasteiger partial charge >= 0.3 is 6.09 Å². The van der Waals surface area contributed by atoms with Gasteiger partial charge < -0.3 is 28.7 Å². The van der Waals surface area contributed by atoms with E-state index in [1.807, 2.05) is 20.8 Å². The van der Waals surface area contributed by atoms with Gasteiger partial charge in [-0.25, -0.2) is 4.79 Å². The maximum atomic E-state index is 13.3. The number of benzene rings is 1. The molecular weight excluding hydrogens is 470 g/mol. The Balaban J connectivity index is 1.31. The molecule has 3 fully saturated rings. The summed E-state index contributed by atoms with van der Waals surface area (Å²) in [6, 6.07) is 2.79. The highest BCUT2D eigenvalue weighted by atomic mass is 16.7. The Bertz CT molecular complexity index is 1180. The Morgan fingerprint density at radius 1 is 1.14 bits per heavy atom. The van der Waals surface area contributed by atoms with Crippen LogP contribution in [0.3, 0.4) is 0 Å². The van der Waals surface area contributed by atoms with Gasteiger partial charge in [-0.3, -0.25) is 19.7 Å². The van der Waals surface area contributed by atoms with E-state index in [2.05, 4.69) is 5.32 Å². The molecule has 36 heavy (non-hydrogen) atoms. The van der Waals surface area contributed by atoms with Crippen molar-refractivity contribution in [3.05, 3.63) is 28.8 Å². The third-order valence-electron chi connectivity index (χ3n) is 7.31. The molecule has 0 saturated carbocycles. The lowest BCUT2D eigenvalue weighted by molar-refractivity contribution is -0.233. The van der Waals surface area contributed by atoms with Crippen LogP contribution in [0.15, 0.2) is 12.1 Å². The molecule has 1 atom stereocenters. The zero-order valence-electron chi connectivity index (χ0n) is 20.5. The van der Waals surface area contributed by atoms with Crippen molar-refractivity contribution >= 4 is 23.8 Å². The lowest BCUT2D eigenvalue weighted by Gasteiger charge is -2.54. The summed E-state index contributed by atoms with van der Waals surface area (Å²) < 4.78 is 24.4. The number of carbonyl (C=O) groups is 4. The number of ether oxygens (including phenoxy) is 4. The summed E-state index contributed by atoms with van der Waals surface area (Å²) in [5.41, 5.74) is 0.453. The number of rotatable bonds is 1. The summed E-state index contributed by atoms with van der Waals surface area (Å²) >= 11 is 0. The largest absolute Gasteiger partial charge is 0.482 e. The molecule has 192 valence electrons. The summed E-state index contributed by atoms with van der Waals surface area (Å²) in [6.45, 7) is 7.06. The van der Waals surface area contributed by atoms with Crippen molar-refractivity contribution in [3.63, 3.8) is 0 Å². The maximum Gasteiger partial charge on any atom is 0.410 e. The molecule has 6 rings (SSSR count). The normalized spacial score (nSPS) is 25.9. The topological polar surface area (TPSA) is 124 Å². The first-order valence-corrected chi connectivity index (χ1v) is 12.3. The van der Waals surface area contributed by atoms with Crippen LogP contribution in [-0.4, -0.2) is 77.2 Å². The molecule has 0 aliphatic carbocycles. The van der Waals surface area contributed by atoms with Crippen LogP contribution in [0.4, 0.5) is 4.79 Å². The highest BCUT2D eigenvalue weighted by Gasteiger charge is 2.60. The molecule has 4 amide bonds. The van der Waals surface area contributed by atoms with Crippen molar-refractivity contribution in [1.82, 2.24) is 15.1 Å². The van der Waals surface area contributed by atoms with Gasteiger partial charge in [0, 0.05) is 24.0 Å². The van der Waals surface area contributed by atoms with Crippen LogP contribution in [0.1, 0.15) is 61.5 Å². The summed E-state index contributed by atoms with van der Waals surface area (Å²) in [5.74, 6) is -1.61. The SMILES string of the molecule is CC(C)(C)OC(=O)N1CC2(C1)CC1(OCCO1)c1ccc3c(c1O2)CN(C1CCC(=O)NC1=O)C3=O. The molecule has 11 heteroatoms. The number of nitrogens with one attached hydrogen (secondary N) is 1. The molecule has 5 aliphatic heterocycles. The first-order valence-electron chi connectivity index (χ1n) is 12.3. The zero-order valence-corrected chi connectivity index (χ0v) is 20.5. The van der Waals surface area contributed by atoms with Gasteiger partial charge in [-0.1, -0.05) is 0 Å². The van der Waals surface area contributed by atoms with Crippen molar-refractivity contribution in [2.24, 2.45) is 0 Å². The number of piperidine rings is 1. The molecule has 5 heterocycles. The van der Waals surface area contributed by atoms with E-state index < -0.39 is 35.0 Å². The predicted molar refractivity (Wildman–Crippen MR) is 122 cm³/mol. The monoisotopic (exact) mass is 499 g/mol. The molecule has 11 nitrogen and oxygen atoms in total. The molecule has 0 radical (unpaired) electrons. The second-order valence-electron chi connectivity index (χ2n) is 11.1. The lowest BCUT2D eigenvalue weighted by Crippen LogP contribution is -2.70. The molecular formula is C25H29N3O8. The maximum absolute atomic E-state index is 13.3. The second-order valence-corrected chi connectivity index (χ2v) is 11.1. The van der Waals surface area contributed by atoms with E-state index >= 15 is 0 Å². The number of carbonyl (C=O) groups excluding carboxylic acids is 4. The number of likely N-dealkylation sites (tertiary alicyclic amines) is 1. The minimum atomic E-state index is -1.03. The van der Waals surface area contributed by atoms with E-state index in [1.165, 1.54) is 4.90 Å². The molecule has 0 bridgehead atoms. The Morgan fingerprint density at radius 3 is 2.53 bits per heavy atom. The highest BCUT2D eigenvalue weighted by molar-refractivity contribution is 6.05. The Kier molecular flexibility index (Phi) is 4.94. The number of amides is 4. The fraction of sp³-hybridized carbons (Fsp3) is 0.600. The van der Waals surface area contributed by atoms with E-state index in [9.17, 15) is 19.2 Å². The van der Waals surface area contributed by atoms with Crippen molar-refractivity contribution in [1.29, 1.82) is 0 Å². The van der Waals surface area contributed by atoms with Crippen molar-refractivity contribution in [3.8, 4) is 5.75 Å². The summed E-state index contributed by atoms with van der Waals surface area (Å²) in [4.78, 5) is 53.1. The lowest BCUT2D eigenvalue weighted by atomic mass is 9.80. The molecule has 5 aliphatic rings. The zero-order chi connectivity index (χ0) is 25.5. The fourth-order valence-corrected chi connectivity index (χ4v) is 5.80. The number of hydrogen-bond acceptors (Lipinski definition) is 8. The standard InChI is InChI=1S/C25H29N3O8/c1-23(2,3)36-22(32)27-12-24(13-27)11-25(33-8-9-34-25)16-5-4-14-15(19(16)35-24)10-28(21(14)31)17-6-7-18(29)26-20(17)30/h4-5,17H,6-13H2,1-3H3,(H,26,29,30). The highest BCUT2D eigenvalue weighted by Crippen LogP contribution is 2.54. The Labute approximate surface area is 208 Å². The van der Waals surface area contributed by atoms with Gasteiger partial charge in [-0.15, -0.1) is 0 Å². The van der Waals surface area contributed by atoms with Crippen LogP contribution in [0.25, 0.3) is 0 Å². The number of hydrogen-bond donors (Lipinski definition) is 1. The van der Waals surface area contributed by atoms with E-state index in [1.54, 1.807) is 17.0 Å². The third kappa shape index (κ3) is 3.55. The summed E-state index contributed by atoms with van der Waals surface area (Å²) in [7, 11) is 0. The smallest absolute Gasteiger partial charge is 0.410 e. The van der Waals surface area contributed by atoms with Gasteiger partial charge in [0.05, 0.1) is 38.4 Å². The van der Waals surface area contributed by atoms with Gasteiger partial charge in [0.25, 0.3) is 5.91 Å². The first-order chi connectivity index (χ1) is 17.0. The van der Waals surface area contributed by atoms with Gasteiger partial charge in [0.15, 0.2) is 0 Å². The molecule has 2 spiro atoms. The first kappa shape index (κ1) is 23.2. The van der Waals surface area contributed by atoms with Crippen molar-refractivity contribution < 1.29 is 38.1 Å². The van der Waals surface area contributed by atoms with E-state index in [-0.39, 0.29) is 31.2 Å². The van der Waals surface area contributed by atoms with Crippen LogP contribution in [0.2, 0.25) is 0 Å². The van der Waals surface area contributed by atoms with Crippen molar-refractivity contribution in [2.75, 3.05) is 26.3 Å². The quantitative estimate of drug-likeness (QED) is 0.576. The van der Waals surface area contributed by atoms with Crippen LogP contribution in [0.5, 0.6) is 5.75 Å². The van der Waals surface area contributed by atoms with Crippen LogP contribution >= 0.6 is 0 Å². The minimum absolute atomic E-state index is 0.172. The van der Waals surface area contributed by atoms with Crippen LogP contribution in [-0.2, 0) is 36.1 Å². The average Bonchev–Trinajstić information content (AvgIpc) is 3.36. The molecule has 1 aromatic rings. The van der Waals surface area contributed by atoms with Crippen LogP contribution in [0, 0.1) is 0 Å². The fourth-order valence-electron chi connectivity index (χ4n) is 5.80. The van der Waals surface area contributed by atoms with Gasteiger partial charge in [0.1, 0.15) is 23.0 Å². The number of imide groups is 1. The second kappa shape index (κ2) is 7.66. The Morgan fingerprint density at radius 2 is 1.86 bits per heavy atom. The summed E-state index contributed by atoms with van der Waals surface area (Å²) in [6.07, 6.45) is 0.440.